The van der Waals surface area contributed by atoms with Crippen molar-refractivity contribution in [1.82, 2.24) is 9.62 Å². The van der Waals surface area contributed by atoms with Gasteiger partial charge in [-0.05, 0) is 30.5 Å². The van der Waals surface area contributed by atoms with Gasteiger partial charge >= 0.3 is 0 Å². The van der Waals surface area contributed by atoms with E-state index in [9.17, 15) is 13.2 Å². The second kappa shape index (κ2) is 8.63. The van der Waals surface area contributed by atoms with Crippen LogP contribution in [0.15, 0.2) is 29.2 Å². The fourth-order valence-corrected chi connectivity index (χ4v) is 3.84. The fraction of sp³-hybridized carbons (Fsp3) is 0.533. The minimum atomic E-state index is -3.37. The number of sulfonamides is 1. The van der Waals surface area contributed by atoms with Gasteiger partial charge < -0.3 is 11.1 Å². The van der Waals surface area contributed by atoms with Gasteiger partial charge in [0.25, 0.3) is 0 Å². The molecule has 1 atom stereocenters. The van der Waals surface area contributed by atoms with Crippen LogP contribution < -0.4 is 11.1 Å². The van der Waals surface area contributed by atoms with Crippen molar-refractivity contribution in [2.75, 3.05) is 19.6 Å². The van der Waals surface area contributed by atoms with E-state index < -0.39 is 10.0 Å². The first kappa shape index (κ1) is 19.9. The molecule has 1 fully saturated rings. The summed E-state index contributed by atoms with van der Waals surface area (Å²) in [5.41, 5.74) is 6.30. The van der Waals surface area contributed by atoms with Crippen LogP contribution >= 0.6 is 12.4 Å². The molecule has 1 aliphatic rings. The first-order valence-corrected chi connectivity index (χ1v) is 8.96. The van der Waals surface area contributed by atoms with Crippen molar-refractivity contribution in [3.8, 4) is 0 Å². The number of nitrogens with zero attached hydrogens (tertiary/aromatic N) is 1. The molecule has 1 saturated heterocycles. The highest BCUT2D eigenvalue weighted by molar-refractivity contribution is 7.89. The van der Waals surface area contributed by atoms with E-state index in [1.54, 1.807) is 31.2 Å². The van der Waals surface area contributed by atoms with Crippen molar-refractivity contribution in [3.05, 3.63) is 29.8 Å². The molecule has 1 aliphatic heterocycles. The Kier molecular flexibility index (Phi) is 7.47. The van der Waals surface area contributed by atoms with Gasteiger partial charge in [0.2, 0.25) is 15.9 Å². The molecule has 1 heterocycles. The number of carbonyl (C=O) groups excluding carboxylic acids is 1. The van der Waals surface area contributed by atoms with Gasteiger partial charge in [-0.2, -0.15) is 4.31 Å². The number of amides is 1. The molecule has 1 unspecified atom stereocenters. The minimum Gasteiger partial charge on any atom is -0.352 e. The maximum atomic E-state index is 12.4. The Morgan fingerprint density at radius 2 is 1.83 bits per heavy atom. The smallest absolute Gasteiger partial charge is 0.243 e. The van der Waals surface area contributed by atoms with Crippen LogP contribution in [-0.2, 0) is 21.4 Å². The lowest BCUT2D eigenvalue weighted by Crippen LogP contribution is -2.32. The molecule has 1 aromatic carbocycles. The zero-order valence-corrected chi connectivity index (χ0v) is 14.8. The van der Waals surface area contributed by atoms with E-state index in [1.807, 2.05) is 0 Å². The average Bonchev–Trinajstić information content (AvgIpc) is 3.07. The molecule has 1 amide bonds. The molecule has 3 N–H and O–H groups in total. The second-order valence-corrected chi connectivity index (χ2v) is 7.55. The summed E-state index contributed by atoms with van der Waals surface area (Å²) in [4.78, 5) is 12.0. The monoisotopic (exact) mass is 361 g/mol. The zero-order valence-electron chi connectivity index (χ0n) is 13.2. The number of halogens is 1. The Hall–Kier alpha value is -1.15. The predicted octanol–water partition coefficient (Wildman–Crippen LogP) is 1.10. The SMILES string of the molecule is CC(CN)C(=O)NCc1ccc(S(=O)(=O)N2CCCC2)cc1.Cl. The minimum absolute atomic E-state index is 0. The third-order valence-electron chi connectivity index (χ3n) is 3.89. The van der Waals surface area contributed by atoms with Crippen LogP contribution in [0, 0.1) is 5.92 Å². The molecule has 0 aromatic heterocycles. The Bertz CT molecular complexity index is 613. The van der Waals surface area contributed by atoms with Gasteiger partial charge in [0, 0.05) is 32.1 Å². The van der Waals surface area contributed by atoms with E-state index in [0.717, 1.165) is 18.4 Å². The van der Waals surface area contributed by atoms with Crippen molar-refractivity contribution < 1.29 is 13.2 Å². The Morgan fingerprint density at radius 3 is 2.35 bits per heavy atom. The number of nitrogens with two attached hydrogens (primary N) is 1. The first-order valence-electron chi connectivity index (χ1n) is 7.52. The molecule has 1 aromatic rings. The van der Waals surface area contributed by atoms with Gasteiger partial charge in [-0.25, -0.2) is 8.42 Å². The van der Waals surface area contributed by atoms with Crippen LogP contribution in [0.4, 0.5) is 0 Å². The van der Waals surface area contributed by atoms with E-state index in [0.29, 0.717) is 31.1 Å². The highest BCUT2D eigenvalue weighted by Gasteiger charge is 2.26. The molecule has 0 radical (unpaired) electrons. The summed E-state index contributed by atoms with van der Waals surface area (Å²) in [6.45, 7) is 3.63. The molecule has 130 valence electrons. The predicted molar refractivity (Wildman–Crippen MR) is 91.7 cm³/mol. The van der Waals surface area contributed by atoms with Crippen LogP contribution in [0.3, 0.4) is 0 Å². The van der Waals surface area contributed by atoms with Gasteiger partial charge in [-0.1, -0.05) is 19.1 Å². The molecule has 8 heteroatoms. The summed E-state index contributed by atoms with van der Waals surface area (Å²) < 4.78 is 26.3. The Balaban J connectivity index is 0.00000264. The number of rotatable bonds is 6. The lowest BCUT2D eigenvalue weighted by Gasteiger charge is -2.16. The second-order valence-electron chi connectivity index (χ2n) is 5.61. The summed E-state index contributed by atoms with van der Waals surface area (Å²) in [6, 6.07) is 6.66. The third-order valence-corrected chi connectivity index (χ3v) is 5.81. The van der Waals surface area contributed by atoms with E-state index in [-0.39, 0.29) is 24.2 Å². The van der Waals surface area contributed by atoms with Crippen molar-refractivity contribution in [1.29, 1.82) is 0 Å². The number of nitrogens with one attached hydrogen (secondary N) is 1. The zero-order chi connectivity index (χ0) is 16.2. The summed E-state index contributed by atoms with van der Waals surface area (Å²) >= 11 is 0. The Labute approximate surface area is 143 Å². The first-order chi connectivity index (χ1) is 10.4. The van der Waals surface area contributed by atoms with Crippen LogP contribution in [0.1, 0.15) is 25.3 Å². The number of benzene rings is 1. The normalized spacial score (nSPS) is 16.6. The molecule has 23 heavy (non-hydrogen) atoms. The topological polar surface area (TPSA) is 92.5 Å². The van der Waals surface area contributed by atoms with E-state index >= 15 is 0 Å². The number of hydrogen-bond donors (Lipinski definition) is 2. The lowest BCUT2D eigenvalue weighted by atomic mass is 10.1. The molecule has 2 rings (SSSR count). The van der Waals surface area contributed by atoms with Crippen molar-refractivity contribution in [2.24, 2.45) is 11.7 Å². The Morgan fingerprint density at radius 1 is 1.26 bits per heavy atom. The summed E-state index contributed by atoms with van der Waals surface area (Å²) in [5, 5.41) is 2.78. The summed E-state index contributed by atoms with van der Waals surface area (Å²) in [7, 11) is -3.37. The molecule has 6 nitrogen and oxygen atoms in total. The van der Waals surface area contributed by atoms with Crippen molar-refractivity contribution in [2.45, 2.75) is 31.2 Å². The van der Waals surface area contributed by atoms with E-state index in [2.05, 4.69) is 5.32 Å². The standard InChI is InChI=1S/C15H23N3O3S.ClH/c1-12(10-16)15(19)17-11-13-4-6-14(7-5-13)22(20,21)18-8-2-3-9-18;/h4-7,12H,2-3,8-11,16H2,1H3,(H,17,19);1H. The molecule has 0 spiro atoms. The number of carbonyl (C=O) groups is 1. The summed E-state index contributed by atoms with van der Waals surface area (Å²) in [5.74, 6) is -0.328. The van der Waals surface area contributed by atoms with Gasteiger partial charge in [-0.3, -0.25) is 4.79 Å². The maximum absolute atomic E-state index is 12.4. The van der Waals surface area contributed by atoms with Gasteiger partial charge in [0.05, 0.1) is 4.90 Å². The average molecular weight is 362 g/mol. The van der Waals surface area contributed by atoms with E-state index in [4.69, 9.17) is 5.73 Å². The van der Waals surface area contributed by atoms with Crippen LogP contribution in [-0.4, -0.2) is 38.3 Å². The largest absolute Gasteiger partial charge is 0.352 e. The third kappa shape index (κ3) is 4.91. The van der Waals surface area contributed by atoms with Crippen molar-refractivity contribution in [3.63, 3.8) is 0 Å². The quantitative estimate of drug-likeness (QED) is 0.793. The van der Waals surface area contributed by atoms with Crippen LogP contribution in [0.2, 0.25) is 0 Å². The van der Waals surface area contributed by atoms with Crippen molar-refractivity contribution >= 4 is 28.3 Å². The number of hydrogen-bond acceptors (Lipinski definition) is 4. The van der Waals surface area contributed by atoms with E-state index in [1.165, 1.54) is 4.31 Å². The highest BCUT2D eigenvalue weighted by Crippen LogP contribution is 2.21. The lowest BCUT2D eigenvalue weighted by molar-refractivity contribution is -0.124. The van der Waals surface area contributed by atoms with Gasteiger partial charge in [0.1, 0.15) is 0 Å². The molecule has 0 saturated carbocycles. The van der Waals surface area contributed by atoms with Gasteiger partial charge in [-0.15, -0.1) is 12.4 Å². The fourth-order valence-electron chi connectivity index (χ4n) is 2.33. The molecule has 0 bridgehead atoms. The summed E-state index contributed by atoms with van der Waals surface area (Å²) in [6.07, 6.45) is 1.84. The van der Waals surface area contributed by atoms with Crippen LogP contribution in [0.5, 0.6) is 0 Å². The maximum Gasteiger partial charge on any atom is 0.243 e. The molecular weight excluding hydrogens is 338 g/mol. The molecular formula is C15H24ClN3O3S. The highest BCUT2D eigenvalue weighted by atomic mass is 35.5. The molecule has 0 aliphatic carbocycles. The van der Waals surface area contributed by atoms with Crippen LogP contribution in [0.25, 0.3) is 0 Å². The van der Waals surface area contributed by atoms with Gasteiger partial charge in [0.15, 0.2) is 0 Å².